The summed E-state index contributed by atoms with van der Waals surface area (Å²) in [6.07, 6.45) is 6.63. The van der Waals surface area contributed by atoms with Crippen LogP contribution in [-0.4, -0.2) is 34.2 Å². The molecule has 0 saturated carbocycles. The summed E-state index contributed by atoms with van der Waals surface area (Å²) in [7, 11) is 0. The van der Waals surface area contributed by atoms with E-state index in [0.29, 0.717) is 11.4 Å². The summed E-state index contributed by atoms with van der Waals surface area (Å²) in [5.74, 6) is 0.271. The second kappa shape index (κ2) is 9.25. The molecular weight excluding hydrogens is 439 g/mol. The maximum absolute atomic E-state index is 14.2. The van der Waals surface area contributed by atoms with Crippen LogP contribution < -0.4 is 10.5 Å². The zero-order chi connectivity index (χ0) is 22.8. The number of aromatic nitrogens is 2. The van der Waals surface area contributed by atoms with Crippen molar-refractivity contribution in [2.24, 2.45) is 5.92 Å². The van der Waals surface area contributed by atoms with E-state index in [-0.39, 0.29) is 11.7 Å². The summed E-state index contributed by atoms with van der Waals surface area (Å²) in [4.78, 5) is 23.5. The zero-order valence-electron chi connectivity index (χ0n) is 17.9. The summed E-state index contributed by atoms with van der Waals surface area (Å²) in [5, 5.41) is 0. The summed E-state index contributed by atoms with van der Waals surface area (Å²) in [6, 6.07) is 12.1. The number of thiophene rings is 1. The highest BCUT2D eigenvalue weighted by Gasteiger charge is 2.19. The number of carbonyl (C=O) groups is 1. The van der Waals surface area contributed by atoms with Crippen molar-refractivity contribution in [1.29, 1.82) is 0 Å². The fourth-order valence-corrected chi connectivity index (χ4v) is 5.15. The maximum atomic E-state index is 14.2. The third-order valence-electron chi connectivity index (χ3n) is 5.77. The average molecular weight is 463 g/mol. The predicted octanol–water partition coefficient (Wildman–Crippen LogP) is 5.28. The monoisotopic (exact) mass is 462 g/mol. The lowest BCUT2D eigenvalue weighted by atomic mass is 9.99. The molecule has 168 valence electrons. The van der Waals surface area contributed by atoms with Crippen LogP contribution in [0.4, 0.5) is 10.1 Å². The molecule has 0 bridgehead atoms. The summed E-state index contributed by atoms with van der Waals surface area (Å²) >= 11 is 1.50. The lowest BCUT2D eigenvalue weighted by Gasteiger charge is -2.29. The van der Waals surface area contributed by atoms with Crippen LogP contribution in [-0.2, 0) is 11.3 Å². The van der Waals surface area contributed by atoms with Crippen molar-refractivity contribution >= 4 is 33.5 Å². The van der Waals surface area contributed by atoms with Crippen molar-refractivity contribution in [2.45, 2.75) is 19.4 Å². The molecule has 3 aromatic heterocycles. The highest BCUT2D eigenvalue weighted by molar-refractivity contribution is 7.22. The maximum Gasteiger partial charge on any atom is 0.167 e. The SMILES string of the molecule is Nc1ccc(Oc2ccnc3cc(-c4ccc(CN5CCCC(C=O)C5)cn4)sc23)c(F)c1. The van der Waals surface area contributed by atoms with Gasteiger partial charge in [0.15, 0.2) is 11.6 Å². The number of benzene rings is 1. The molecule has 4 heterocycles. The van der Waals surface area contributed by atoms with Crippen molar-refractivity contribution in [3.63, 3.8) is 0 Å². The fraction of sp³-hybridized carbons (Fsp3) is 0.240. The normalized spacial score (nSPS) is 16.7. The van der Waals surface area contributed by atoms with E-state index in [1.165, 1.54) is 23.5 Å². The van der Waals surface area contributed by atoms with Gasteiger partial charge in [0, 0.05) is 49.2 Å². The first kappa shape index (κ1) is 21.5. The van der Waals surface area contributed by atoms with E-state index >= 15 is 0 Å². The fourth-order valence-electron chi connectivity index (χ4n) is 4.11. The van der Waals surface area contributed by atoms with Crippen molar-refractivity contribution in [2.75, 3.05) is 18.8 Å². The van der Waals surface area contributed by atoms with Gasteiger partial charge in [-0.3, -0.25) is 14.9 Å². The molecule has 8 heteroatoms. The minimum absolute atomic E-state index is 0.114. The minimum Gasteiger partial charge on any atom is -0.453 e. The molecule has 1 aliphatic heterocycles. The first-order chi connectivity index (χ1) is 16.1. The zero-order valence-corrected chi connectivity index (χ0v) is 18.7. The van der Waals surface area contributed by atoms with E-state index in [1.54, 1.807) is 18.3 Å². The topological polar surface area (TPSA) is 81.3 Å². The van der Waals surface area contributed by atoms with Gasteiger partial charge >= 0.3 is 0 Å². The van der Waals surface area contributed by atoms with Crippen LogP contribution in [0.3, 0.4) is 0 Å². The van der Waals surface area contributed by atoms with Gasteiger partial charge in [0.25, 0.3) is 0 Å². The van der Waals surface area contributed by atoms with Crippen LogP contribution in [0, 0.1) is 11.7 Å². The Labute approximate surface area is 194 Å². The first-order valence-electron chi connectivity index (χ1n) is 10.8. The molecule has 0 aliphatic carbocycles. The largest absolute Gasteiger partial charge is 0.453 e. The van der Waals surface area contributed by atoms with Gasteiger partial charge in [-0.2, -0.15) is 0 Å². The first-order valence-corrected chi connectivity index (χ1v) is 11.6. The smallest absolute Gasteiger partial charge is 0.167 e. The Bertz CT molecular complexity index is 1290. The molecule has 33 heavy (non-hydrogen) atoms. The highest BCUT2D eigenvalue weighted by Crippen LogP contribution is 2.39. The third-order valence-corrected chi connectivity index (χ3v) is 6.93. The Morgan fingerprint density at radius 2 is 2.09 bits per heavy atom. The standard InChI is InChI=1S/C25H23FN4O2S/c26-19-10-18(27)4-6-22(19)32-23-7-8-28-21-11-24(33-25(21)23)20-5-3-16(12-29-20)13-30-9-1-2-17(14-30)15-31/h3-8,10-12,15,17H,1-2,9,13-14,27H2. The van der Waals surface area contributed by atoms with Gasteiger partial charge in [-0.15, -0.1) is 11.3 Å². The lowest BCUT2D eigenvalue weighted by molar-refractivity contribution is -0.112. The molecule has 1 saturated heterocycles. The van der Waals surface area contributed by atoms with E-state index in [1.807, 2.05) is 18.3 Å². The molecular formula is C25H23FN4O2S. The number of nitrogen functional groups attached to an aromatic ring is 1. The number of hydrogen-bond acceptors (Lipinski definition) is 7. The van der Waals surface area contributed by atoms with Gasteiger partial charge in [-0.05, 0) is 49.2 Å². The molecule has 0 radical (unpaired) electrons. The second-order valence-corrected chi connectivity index (χ2v) is 9.30. The number of ether oxygens (including phenoxy) is 1. The quantitative estimate of drug-likeness (QED) is 0.310. The number of likely N-dealkylation sites (tertiary alicyclic amines) is 1. The number of rotatable bonds is 6. The van der Waals surface area contributed by atoms with Crippen molar-refractivity contribution in [1.82, 2.24) is 14.9 Å². The molecule has 1 atom stereocenters. The molecule has 6 nitrogen and oxygen atoms in total. The number of anilines is 1. The van der Waals surface area contributed by atoms with Gasteiger partial charge in [0.2, 0.25) is 0 Å². The number of nitrogens with two attached hydrogens (primary N) is 1. The number of aldehydes is 1. The predicted molar refractivity (Wildman–Crippen MR) is 128 cm³/mol. The van der Waals surface area contributed by atoms with E-state index in [0.717, 1.165) is 65.1 Å². The summed E-state index contributed by atoms with van der Waals surface area (Å²) in [6.45, 7) is 2.60. The minimum atomic E-state index is -0.512. The molecule has 1 unspecified atom stereocenters. The van der Waals surface area contributed by atoms with Crippen LogP contribution in [0.5, 0.6) is 11.5 Å². The van der Waals surface area contributed by atoms with Gasteiger partial charge in [-0.1, -0.05) is 6.07 Å². The number of hydrogen-bond donors (Lipinski definition) is 1. The van der Waals surface area contributed by atoms with Gasteiger partial charge in [-0.25, -0.2) is 4.39 Å². The second-order valence-electron chi connectivity index (χ2n) is 8.25. The molecule has 0 amide bonds. The third kappa shape index (κ3) is 4.72. The van der Waals surface area contributed by atoms with E-state index in [2.05, 4.69) is 20.9 Å². The van der Waals surface area contributed by atoms with Crippen LogP contribution in [0.1, 0.15) is 18.4 Å². The number of halogens is 1. The van der Waals surface area contributed by atoms with E-state index in [9.17, 15) is 9.18 Å². The Kier molecular flexibility index (Phi) is 6.02. The van der Waals surface area contributed by atoms with Crippen LogP contribution >= 0.6 is 11.3 Å². The van der Waals surface area contributed by atoms with Crippen molar-refractivity contribution in [3.05, 3.63) is 66.2 Å². The molecule has 5 rings (SSSR count). The molecule has 0 spiro atoms. The number of pyridine rings is 2. The van der Waals surface area contributed by atoms with Crippen LogP contribution in [0.2, 0.25) is 0 Å². The number of piperidine rings is 1. The number of carbonyl (C=O) groups excluding carboxylic acids is 1. The molecule has 2 N–H and O–H groups in total. The van der Waals surface area contributed by atoms with Gasteiger partial charge < -0.3 is 15.3 Å². The number of fused-ring (bicyclic) bond motifs is 1. The van der Waals surface area contributed by atoms with Crippen molar-refractivity contribution in [3.8, 4) is 22.1 Å². The Hall–Kier alpha value is -3.36. The van der Waals surface area contributed by atoms with Crippen molar-refractivity contribution < 1.29 is 13.9 Å². The summed E-state index contributed by atoms with van der Waals surface area (Å²) < 4.78 is 20.9. The lowest BCUT2D eigenvalue weighted by Crippen LogP contribution is -2.35. The summed E-state index contributed by atoms with van der Waals surface area (Å²) in [5.41, 5.74) is 8.70. The van der Waals surface area contributed by atoms with Gasteiger partial charge in [0.1, 0.15) is 12.0 Å². The van der Waals surface area contributed by atoms with E-state index < -0.39 is 5.82 Å². The van der Waals surface area contributed by atoms with Crippen LogP contribution in [0.15, 0.2) is 54.9 Å². The molecule has 1 aromatic carbocycles. The number of nitrogens with zero attached hydrogens (tertiary/aromatic N) is 3. The highest BCUT2D eigenvalue weighted by atomic mass is 32.1. The van der Waals surface area contributed by atoms with Crippen LogP contribution in [0.25, 0.3) is 20.8 Å². The van der Waals surface area contributed by atoms with E-state index in [4.69, 9.17) is 10.5 Å². The molecule has 1 aliphatic rings. The van der Waals surface area contributed by atoms with Gasteiger partial charge in [0.05, 0.1) is 20.8 Å². The Balaban J connectivity index is 1.36. The molecule has 1 fully saturated rings. The average Bonchev–Trinajstić information content (AvgIpc) is 3.27. The Morgan fingerprint density at radius 1 is 1.18 bits per heavy atom. The Morgan fingerprint density at radius 3 is 2.88 bits per heavy atom. The molecule has 4 aromatic rings.